The Kier molecular flexibility index (Phi) is 4.89. The van der Waals surface area contributed by atoms with Gasteiger partial charge in [0.1, 0.15) is 0 Å². The van der Waals surface area contributed by atoms with E-state index in [2.05, 4.69) is 25.3 Å². The third-order valence-electron chi connectivity index (χ3n) is 4.24. The van der Waals surface area contributed by atoms with Crippen LogP contribution in [0.25, 0.3) is 11.6 Å². The quantitative estimate of drug-likeness (QED) is 0.831. The van der Waals surface area contributed by atoms with Gasteiger partial charge in [0.05, 0.1) is 6.42 Å². The first kappa shape index (κ1) is 17.2. The number of nitrogens with one attached hydrogen (secondary N) is 2. The normalized spacial score (nSPS) is 20.5. The SMILES string of the molecule is Cc1nc(-c2ncccn2)[nH]c(=O)c1CC(=O)N1C[C@@H](C)N[C@H](C)C1. The van der Waals surface area contributed by atoms with E-state index in [4.69, 9.17) is 0 Å². The number of hydrogen-bond acceptors (Lipinski definition) is 6. The van der Waals surface area contributed by atoms with E-state index in [1.165, 1.54) is 0 Å². The molecule has 2 N–H and O–H groups in total. The fourth-order valence-electron chi connectivity index (χ4n) is 3.14. The number of nitrogens with zero attached hydrogens (tertiary/aromatic N) is 4. The number of aryl methyl sites for hydroxylation is 1. The Balaban J connectivity index is 1.81. The second-order valence-corrected chi connectivity index (χ2v) is 6.50. The first-order chi connectivity index (χ1) is 11.9. The van der Waals surface area contributed by atoms with E-state index in [0.717, 1.165) is 0 Å². The minimum absolute atomic E-state index is 0.0452. The van der Waals surface area contributed by atoms with Crippen LogP contribution in [0.15, 0.2) is 23.3 Å². The van der Waals surface area contributed by atoms with Gasteiger partial charge in [-0.3, -0.25) is 9.59 Å². The number of carbonyl (C=O) groups excluding carboxylic acids is 1. The third kappa shape index (κ3) is 3.90. The van der Waals surface area contributed by atoms with E-state index < -0.39 is 0 Å². The van der Waals surface area contributed by atoms with Crippen molar-refractivity contribution < 1.29 is 4.79 Å². The number of aromatic nitrogens is 4. The minimum atomic E-state index is -0.320. The second kappa shape index (κ2) is 7.10. The molecule has 8 heteroatoms. The van der Waals surface area contributed by atoms with E-state index in [1.54, 1.807) is 30.3 Å². The van der Waals surface area contributed by atoms with Crippen molar-refractivity contribution in [3.8, 4) is 11.6 Å². The van der Waals surface area contributed by atoms with Crippen molar-refractivity contribution in [1.29, 1.82) is 0 Å². The molecule has 0 saturated carbocycles. The zero-order valence-electron chi connectivity index (χ0n) is 14.6. The Bertz CT molecular complexity index is 810. The van der Waals surface area contributed by atoms with E-state index in [-0.39, 0.29) is 30.0 Å². The summed E-state index contributed by atoms with van der Waals surface area (Å²) in [7, 11) is 0. The maximum atomic E-state index is 12.6. The number of carbonyl (C=O) groups is 1. The van der Waals surface area contributed by atoms with Gasteiger partial charge in [-0.05, 0) is 26.8 Å². The fourth-order valence-corrected chi connectivity index (χ4v) is 3.14. The minimum Gasteiger partial charge on any atom is -0.339 e. The molecule has 0 bridgehead atoms. The van der Waals surface area contributed by atoms with Gasteiger partial charge in [-0.1, -0.05) is 0 Å². The second-order valence-electron chi connectivity index (χ2n) is 6.50. The molecule has 1 saturated heterocycles. The summed E-state index contributed by atoms with van der Waals surface area (Å²) in [5, 5.41) is 3.39. The van der Waals surface area contributed by atoms with E-state index in [1.807, 2.05) is 13.8 Å². The molecule has 3 heterocycles. The van der Waals surface area contributed by atoms with Crippen LogP contribution in [0.1, 0.15) is 25.1 Å². The van der Waals surface area contributed by atoms with Crippen LogP contribution in [0.4, 0.5) is 0 Å². The summed E-state index contributed by atoms with van der Waals surface area (Å²) in [6.45, 7) is 7.11. The molecule has 1 fully saturated rings. The highest BCUT2D eigenvalue weighted by atomic mass is 16.2. The third-order valence-corrected chi connectivity index (χ3v) is 4.24. The van der Waals surface area contributed by atoms with Crippen molar-refractivity contribution in [3.63, 3.8) is 0 Å². The molecular formula is C17H22N6O2. The van der Waals surface area contributed by atoms with Crippen LogP contribution in [-0.2, 0) is 11.2 Å². The zero-order chi connectivity index (χ0) is 18.0. The van der Waals surface area contributed by atoms with Crippen molar-refractivity contribution in [3.05, 3.63) is 40.1 Å². The van der Waals surface area contributed by atoms with Crippen LogP contribution in [0.5, 0.6) is 0 Å². The topological polar surface area (TPSA) is 104 Å². The number of rotatable bonds is 3. The molecule has 1 aliphatic heterocycles. The summed E-state index contributed by atoms with van der Waals surface area (Å²) >= 11 is 0. The van der Waals surface area contributed by atoms with Gasteiger partial charge in [-0.2, -0.15) is 0 Å². The summed E-state index contributed by atoms with van der Waals surface area (Å²) in [5.74, 6) is 0.605. The lowest BCUT2D eigenvalue weighted by atomic mass is 10.1. The Morgan fingerprint density at radius 1 is 1.24 bits per heavy atom. The van der Waals surface area contributed by atoms with Gasteiger partial charge >= 0.3 is 0 Å². The maximum absolute atomic E-state index is 12.6. The van der Waals surface area contributed by atoms with Gasteiger partial charge in [0.15, 0.2) is 11.6 Å². The largest absolute Gasteiger partial charge is 0.339 e. The van der Waals surface area contributed by atoms with Crippen LogP contribution < -0.4 is 10.9 Å². The van der Waals surface area contributed by atoms with Gasteiger partial charge in [0.25, 0.3) is 5.56 Å². The molecule has 2 atom stereocenters. The molecule has 1 aliphatic rings. The van der Waals surface area contributed by atoms with E-state index >= 15 is 0 Å². The van der Waals surface area contributed by atoms with Crippen molar-refractivity contribution in [1.82, 2.24) is 30.2 Å². The summed E-state index contributed by atoms with van der Waals surface area (Å²) in [6.07, 6.45) is 3.22. The molecule has 0 spiro atoms. The van der Waals surface area contributed by atoms with Gasteiger partial charge in [-0.15, -0.1) is 0 Å². The van der Waals surface area contributed by atoms with Crippen LogP contribution in [0, 0.1) is 6.92 Å². The lowest BCUT2D eigenvalue weighted by molar-refractivity contribution is -0.132. The van der Waals surface area contributed by atoms with Crippen molar-refractivity contribution in [2.24, 2.45) is 0 Å². The van der Waals surface area contributed by atoms with Crippen molar-refractivity contribution in [2.45, 2.75) is 39.3 Å². The highest BCUT2D eigenvalue weighted by Gasteiger charge is 2.26. The van der Waals surface area contributed by atoms with Gasteiger partial charge in [0.2, 0.25) is 5.91 Å². The van der Waals surface area contributed by atoms with Gasteiger partial charge < -0.3 is 15.2 Å². The molecular weight excluding hydrogens is 320 g/mol. The average Bonchev–Trinajstić information content (AvgIpc) is 2.57. The molecule has 0 aromatic carbocycles. The highest BCUT2D eigenvalue weighted by Crippen LogP contribution is 2.11. The molecule has 0 radical (unpaired) electrons. The summed E-state index contributed by atoms with van der Waals surface area (Å²) in [6, 6.07) is 2.17. The Morgan fingerprint density at radius 3 is 2.48 bits per heavy atom. The molecule has 1 amide bonds. The molecule has 8 nitrogen and oxygen atoms in total. The van der Waals surface area contributed by atoms with Crippen LogP contribution in [-0.4, -0.2) is 55.9 Å². The van der Waals surface area contributed by atoms with E-state index in [9.17, 15) is 9.59 Å². The number of H-pyrrole nitrogens is 1. The average molecular weight is 342 g/mol. The molecule has 132 valence electrons. The van der Waals surface area contributed by atoms with Crippen LogP contribution >= 0.6 is 0 Å². The number of piperazine rings is 1. The first-order valence-electron chi connectivity index (χ1n) is 8.35. The predicted octanol–water partition coefficient (Wildman–Crippen LogP) is 0.287. The van der Waals surface area contributed by atoms with Crippen molar-refractivity contribution in [2.75, 3.05) is 13.1 Å². The number of hydrogen-bond donors (Lipinski definition) is 2. The molecule has 3 rings (SSSR count). The molecule has 0 unspecified atom stereocenters. The first-order valence-corrected chi connectivity index (χ1v) is 8.35. The summed E-state index contributed by atoms with van der Waals surface area (Å²) < 4.78 is 0. The lowest BCUT2D eigenvalue weighted by Gasteiger charge is -2.36. The Labute approximate surface area is 145 Å². The number of aromatic amines is 1. The molecule has 25 heavy (non-hydrogen) atoms. The number of amides is 1. The van der Waals surface area contributed by atoms with E-state index in [0.29, 0.717) is 36.0 Å². The molecule has 2 aromatic heterocycles. The van der Waals surface area contributed by atoms with Gasteiger partial charge in [0, 0.05) is 48.8 Å². The van der Waals surface area contributed by atoms with Crippen LogP contribution in [0.2, 0.25) is 0 Å². The predicted molar refractivity (Wildman–Crippen MR) is 93.0 cm³/mol. The monoisotopic (exact) mass is 342 g/mol. The van der Waals surface area contributed by atoms with Crippen molar-refractivity contribution >= 4 is 5.91 Å². The molecule has 0 aliphatic carbocycles. The Hall–Kier alpha value is -2.61. The highest BCUT2D eigenvalue weighted by molar-refractivity contribution is 5.79. The Morgan fingerprint density at radius 2 is 1.88 bits per heavy atom. The van der Waals surface area contributed by atoms with Gasteiger partial charge in [-0.25, -0.2) is 15.0 Å². The smallest absolute Gasteiger partial charge is 0.255 e. The van der Waals surface area contributed by atoms with Crippen LogP contribution in [0.3, 0.4) is 0 Å². The maximum Gasteiger partial charge on any atom is 0.255 e. The fraction of sp³-hybridized carbons (Fsp3) is 0.471. The summed E-state index contributed by atoms with van der Waals surface area (Å²) in [5.41, 5.74) is 0.596. The zero-order valence-corrected chi connectivity index (χ0v) is 14.6. The standard InChI is InChI=1S/C17H22N6O2/c1-10-8-23(9-11(2)20-10)14(24)7-13-12(3)21-16(22-17(13)25)15-18-5-4-6-19-15/h4-6,10-11,20H,7-9H2,1-3H3,(H,21,22,25)/t10-,11-/m1/s1. The summed E-state index contributed by atoms with van der Waals surface area (Å²) in [4.78, 5) is 42.1. The lowest BCUT2D eigenvalue weighted by Crippen LogP contribution is -2.56. The molecule has 2 aromatic rings.